The van der Waals surface area contributed by atoms with E-state index in [9.17, 15) is 19.2 Å². The van der Waals surface area contributed by atoms with E-state index in [0.29, 0.717) is 22.8 Å². The summed E-state index contributed by atoms with van der Waals surface area (Å²) in [6.45, 7) is 5.54. The average Bonchev–Trinajstić information content (AvgIpc) is 2.94. The number of hydrogen-bond acceptors (Lipinski definition) is 6. The zero-order valence-electron chi connectivity index (χ0n) is 14.8. The summed E-state index contributed by atoms with van der Waals surface area (Å²) < 4.78 is 5.32. The van der Waals surface area contributed by atoms with Gasteiger partial charge in [-0.2, -0.15) is 0 Å². The van der Waals surface area contributed by atoms with E-state index in [-0.39, 0.29) is 36.8 Å². The standard InChI is InChI=1S/C19H20N2O5/c1-3-20(4-2)12-5-6-13-14(10-21-17(23)7-8-18(21)24)15(11-22)19(25)26-16(13)9-12/h5-6,9,11H,3-4,7-8,10H2,1-2H3. The van der Waals surface area contributed by atoms with Crippen LogP contribution in [0, 0.1) is 0 Å². The molecule has 0 aliphatic carbocycles. The summed E-state index contributed by atoms with van der Waals surface area (Å²) in [6.07, 6.45) is 0.728. The molecule has 1 fully saturated rings. The van der Waals surface area contributed by atoms with Crippen LogP contribution in [0.25, 0.3) is 11.0 Å². The molecule has 1 aromatic heterocycles. The minimum atomic E-state index is -0.765. The van der Waals surface area contributed by atoms with Gasteiger partial charge in [0.05, 0.1) is 6.54 Å². The highest BCUT2D eigenvalue weighted by atomic mass is 16.4. The van der Waals surface area contributed by atoms with E-state index >= 15 is 0 Å². The topological polar surface area (TPSA) is 87.9 Å². The maximum absolute atomic E-state index is 12.2. The molecule has 0 unspecified atom stereocenters. The number of nitrogens with zero attached hydrogens (tertiary/aromatic N) is 2. The number of likely N-dealkylation sites (tertiary alicyclic amines) is 1. The highest BCUT2D eigenvalue weighted by Gasteiger charge is 2.30. The van der Waals surface area contributed by atoms with Crippen molar-refractivity contribution >= 4 is 34.8 Å². The molecule has 2 aromatic rings. The third-order valence-electron chi connectivity index (χ3n) is 4.76. The molecule has 1 aliphatic heterocycles. The molecule has 7 nitrogen and oxygen atoms in total. The second-order valence-electron chi connectivity index (χ2n) is 6.13. The van der Waals surface area contributed by atoms with Gasteiger partial charge in [0.15, 0.2) is 6.29 Å². The average molecular weight is 356 g/mol. The monoisotopic (exact) mass is 356 g/mol. The summed E-state index contributed by atoms with van der Waals surface area (Å²) >= 11 is 0. The third kappa shape index (κ3) is 3.00. The lowest BCUT2D eigenvalue weighted by Crippen LogP contribution is -2.30. The molecule has 2 heterocycles. The van der Waals surface area contributed by atoms with Gasteiger partial charge in [-0.05, 0) is 26.0 Å². The lowest BCUT2D eigenvalue weighted by atomic mass is 10.0. The van der Waals surface area contributed by atoms with E-state index < -0.39 is 5.63 Å². The first-order valence-electron chi connectivity index (χ1n) is 8.63. The van der Waals surface area contributed by atoms with E-state index in [2.05, 4.69) is 4.90 Å². The maximum Gasteiger partial charge on any atom is 0.347 e. The molecule has 3 rings (SSSR count). The van der Waals surface area contributed by atoms with Crippen molar-refractivity contribution in [3.05, 3.63) is 39.7 Å². The Morgan fingerprint density at radius 3 is 2.35 bits per heavy atom. The fraction of sp³-hybridized carbons (Fsp3) is 0.368. The lowest BCUT2D eigenvalue weighted by Gasteiger charge is -2.22. The molecule has 2 amide bonds. The molecule has 0 radical (unpaired) electrons. The quantitative estimate of drug-likeness (QED) is 0.447. The normalized spacial score (nSPS) is 14.3. The molecular weight excluding hydrogens is 336 g/mol. The number of imide groups is 1. The van der Waals surface area contributed by atoms with Gasteiger partial charge >= 0.3 is 5.63 Å². The van der Waals surface area contributed by atoms with Crippen molar-refractivity contribution in [1.29, 1.82) is 0 Å². The molecule has 0 N–H and O–H groups in total. The second kappa shape index (κ2) is 7.11. The molecule has 0 saturated carbocycles. The van der Waals surface area contributed by atoms with Crippen molar-refractivity contribution in [2.45, 2.75) is 33.2 Å². The fourth-order valence-electron chi connectivity index (χ4n) is 3.30. The van der Waals surface area contributed by atoms with Crippen molar-refractivity contribution < 1.29 is 18.8 Å². The predicted molar refractivity (Wildman–Crippen MR) is 96.2 cm³/mol. The van der Waals surface area contributed by atoms with Gasteiger partial charge in [-0.3, -0.25) is 19.3 Å². The van der Waals surface area contributed by atoms with Gasteiger partial charge < -0.3 is 9.32 Å². The van der Waals surface area contributed by atoms with E-state index in [4.69, 9.17) is 4.42 Å². The van der Waals surface area contributed by atoms with E-state index in [0.717, 1.165) is 23.7 Å². The Kier molecular flexibility index (Phi) is 4.88. The number of rotatable bonds is 6. The Morgan fingerprint density at radius 2 is 1.77 bits per heavy atom. The first-order valence-corrected chi connectivity index (χ1v) is 8.63. The summed E-state index contributed by atoms with van der Waals surface area (Å²) in [7, 11) is 0. The summed E-state index contributed by atoms with van der Waals surface area (Å²) in [5, 5.41) is 0.551. The van der Waals surface area contributed by atoms with Crippen LogP contribution in [0.15, 0.2) is 27.4 Å². The van der Waals surface area contributed by atoms with Crippen LogP contribution in [-0.2, 0) is 16.1 Å². The Hall–Kier alpha value is -2.96. The van der Waals surface area contributed by atoms with Crippen molar-refractivity contribution in [3.63, 3.8) is 0 Å². The van der Waals surface area contributed by atoms with Crippen molar-refractivity contribution in [2.24, 2.45) is 0 Å². The van der Waals surface area contributed by atoms with Crippen LogP contribution in [-0.4, -0.2) is 36.1 Å². The molecule has 1 saturated heterocycles. The maximum atomic E-state index is 12.2. The lowest BCUT2D eigenvalue weighted by molar-refractivity contribution is -0.139. The Bertz CT molecular complexity index is 927. The first kappa shape index (κ1) is 17.8. The van der Waals surface area contributed by atoms with Gasteiger partial charge in [-0.1, -0.05) is 0 Å². The molecule has 136 valence electrons. The van der Waals surface area contributed by atoms with Gasteiger partial charge in [0, 0.05) is 48.6 Å². The van der Waals surface area contributed by atoms with Crippen LogP contribution >= 0.6 is 0 Å². The molecule has 0 spiro atoms. The number of carbonyl (C=O) groups is 3. The molecule has 1 aliphatic rings. The van der Waals surface area contributed by atoms with Gasteiger partial charge in [-0.15, -0.1) is 0 Å². The summed E-state index contributed by atoms with van der Waals surface area (Å²) in [6, 6.07) is 5.38. The van der Waals surface area contributed by atoms with Crippen LogP contribution in [0.2, 0.25) is 0 Å². The number of hydrogen-bond donors (Lipinski definition) is 0. The van der Waals surface area contributed by atoms with Crippen LogP contribution in [0.1, 0.15) is 42.6 Å². The largest absolute Gasteiger partial charge is 0.422 e. The fourth-order valence-corrected chi connectivity index (χ4v) is 3.30. The Balaban J connectivity index is 2.16. The SMILES string of the molecule is CCN(CC)c1ccc2c(CN3C(=O)CCC3=O)c(C=O)c(=O)oc2c1. The smallest absolute Gasteiger partial charge is 0.347 e. The summed E-state index contributed by atoms with van der Waals surface area (Å²) in [5.41, 5.74) is 0.655. The van der Waals surface area contributed by atoms with Crippen LogP contribution < -0.4 is 10.5 Å². The number of fused-ring (bicyclic) bond motifs is 1. The third-order valence-corrected chi connectivity index (χ3v) is 4.76. The molecule has 7 heteroatoms. The van der Waals surface area contributed by atoms with Gasteiger partial charge in [0.2, 0.25) is 11.8 Å². The van der Waals surface area contributed by atoms with Crippen molar-refractivity contribution in [1.82, 2.24) is 4.90 Å². The van der Waals surface area contributed by atoms with Gasteiger partial charge in [0.25, 0.3) is 0 Å². The highest BCUT2D eigenvalue weighted by Crippen LogP contribution is 2.27. The number of amides is 2. The Labute approximate surface area is 150 Å². The van der Waals surface area contributed by atoms with Crippen LogP contribution in [0.5, 0.6) is 0 Å². The van der Waals surface area contributed by atoms with Crippen molar-refractivity contribution in [3.8, 4) is 0 Å². The summed E-state index contributed by atoms with van der Waals surface area (Å²) in [5.74, 6) is -0.596. The molecule has 1 aromatic carbocycles. The van der Waals surface area contributed by atoms with Gasteiger partial charge in [0.1, 0.15) is 11.1 Å². The van der Waals surface area contributed by atoms with E-state index in [1.165, 1.54) is 0 Å². The molecule has 0 atom stereocenters. The number of carbonyl (C=O) groups excluding carboxylic acids is 3. The van der Waals surface area contributed by atoms with E-state index in [1.807, 2.05) is 19.9 Å². The molecular formula is C19H20N2O5. The van der Waals surface area contributed by atoms with E-state index in [1.54, 1.807) is 12.1 Å². The minimum absolute atomic E-state index is 0.0988. The Morgan fingerprint density at radius 1 is 1.12 bits per heavy atom. The zero-order valence-corrected chi connectivity index (χ0v) is 14.8. The molecule has 0 bridgehead atoms. The second-order valence-corrected chi connectivity index (χ2v) is 6.13. The number of benzene rings is 1. The first-order chi connectivity index (χ1) is 12.5. The van der Waals surface area contributed by atoms with Gasteiger partial charge in [-0.25, -0.2) is 4.79 Å². The van der Waals surface area contributed by atoms with Crippen molar-refractivity contribution in [2.75, 3.05) is 18.0 Å². The predicted octanol–water partition coefficient (Wildman–Crippen LogP) is 2.10. The van der Waals surface area contributed by atoms with Crippen LogP contribution in [0.4, 0.5) is 5.69 Å². The number of anilines is 1. The zero-order chi connectivity index (χ0) is 18.8. The highest BCUT2D eigenvalue weighted by molar-refractivity contribution is 6.02. The van der Waals surface area contributed by atoms with Crippen LogP contribution in [0.3, 0.4) is 0 Å². The minimum Gasteiger partial charge on any atom is -0.422 e. The summed E-state index contributed by atoms with van der Waals surface area (Å²) in [4.78, 5) is 50.8. The molecule has 26 heavy (non-hydrogen) atoms. The number of aldehydes is 1.